The third-order valence-corrected chi connectivity index (χ3v) is 5.72. The summed E-state index contributed by atoms with van der Waals surface area (Å²) in [4.78, 5) is 4.53. The van der Waals surface area contributed by atoms with Gasteiger partial charge in [-0.2, -0.15) is 0 Å². The number of hydrogen-bond acceptors (Lipinski definition) is 2. The fourth-order valence-electron chi connectivity index (χ4n) is 4.66. The minimum absolute atomic E-state index is 0.385. The lowest BCUT2D eigenvalue weighted by Crippen LogP contribution is -2.46. The lowest BCUT2D eigenvalue weighted by molar-refractivity contribution is 0.154. The lowest BCUT2D eigenvalue weighted by Gasteiger charge is -2.43. The maximum absolute atomic E-state index is 4.53. The Bertz CT molecular complexity index is 458. The van der Waals surface area contributed by atoms with Gasteiger partial charge in [-0.05, 0) is 42.4 Å². The Morgan fingerprint density at radius 1 is 1.42 bits per heavy atom. The molecule has 0 radical (unpaired) electrons. The van der Waals surface area contributed by atoms with Crippen LogP contribution in [0.15, 0.2) is 12.4 Å². The number of anilines is 1. The highest BCUT2D eigenvalue weighted by molar-refractivity contribution is 5.33. The van der Waals surface area contributed by atoms with Crippen LogP contribution in [0.4, 0.5) is 5.95 Å². The van der Waals surface area contributed by atoms with Gasteiger partial charge in [0.05, 0.1) is 0 Å². The zero-order valence-corrected chi connectivity index (χ0v) is 12.7. The molecular weight excluding hydrogens is 234 g/mol. The molecule has 0 aliphatic heterocycles. The fraction of sp³-hybridized carbons (Fsp3) is 0.812. The van der Waals surface area contributed by atoms with Crippen LogP contribution in [0, 0.1) is 16.7 Å². The summed E-state index contributed by atoms with van der Waals surface area (Å²) in [5, 5.41) is 3.79. The van der Waals surface area contributed by atoms with Crippen molar-refractivity contribution in [1.29, 1.82) is 0 Å². The fourth-order valence-corrected chi connectivity index (χ4v) is 4.66. The number of rotatable bonds is 4. The Morgan fingerprint density at radius 3 is 2.84 bits per heavy atom. The molecule has 2 fully saturated rings. The summed E-state index contributed by atoms with van der Waals surface area (Å²) in [7, 11) is 0. The van der Waals surface area contributed by atoms with E-state index in [4.69, 9.17) is 0 Å². The molecule has 3 unspecified atom stereocenters. The Kier molecular flexibility index (Phi) is 2.91. The van der Waals surface area contributed by atoms with E-state index in [2.05, 4.69) is 48.8 Å². The van der Waals surface area contributed by atoms with Crippen LogP contribution in [0.1, 0.15) is 53.4 Å². The number of aromatic nitrogens is 2. The summed E-state index contributed by atoms with van der Waals surface area (Å²) in [6.45, 7) is 10.6. The number of nitrogens with zero attached hydrogens (tertiary/aromatic N) is 2. The average molecular weight is 261 g/mol. The van der Waals surface area contributed by atoms with Gasteiger partial charge in [0.2, 0.25) is 5.95 Å². The van der Waals surface area contributed by atoms with Crippen molar-refractivity contribution >= 4 is 5.95 Å². The van der Waals surface area contributed by atoms with E-state index >= 15 is 0 Å². The Morgan fingerprint density at radius 2 is 2.21 bits per heavy atom. The van der Waals surface area contributed by atoms with Gasteiger partial charge in [0, 0.05) is 25.0 Å². The molecule has 1 N–H and O–H groups in total. The van der Waals surface area contributed by atoms with Crippen LogP contribution in [0.2, 0.25) is 0 Å². The van der Waals surface area contributed by atoms with E-state index in [-0.39, 0.29) is 0 Å². The Hall–Kier alpha value is -0.990. The maximum atomic E-state index is 4.53. The monoisotopic (exact) mass is 261 g/mol. The highest BCUT2D eigenvalue weighted by Crippen LogP contribution is 2.62. The summed E-state index contributed by atoms with van der Waals surface area (Å²) in [6.07, 6.45) is 9.32. The molecule has 0 saturated heterocycles. The van der Waals surface area contributed by atoms with Crippen molar-refractivity contribution < 1.29 is 0 Å². The van der Waals surface area contributed by atoms with E-state index in [1.54, 1.807) is 0 Å². The first-order chi connectivity index (χ1) is 8.97. The molecule has 2 bridgehead atoms. The summed E-state index contributed by atoms with van der Waals surface area (Å²) >= 11 is 0. The van der Waals surface area contributed by atoms with E-state index in [9.17, 15) is 0 Å². The topological polar surface area (TPSA) is 29.9 Å². The van der Waals surface area contributed by atoms with E-state index < -0.39 is 0 Å². The molecule has 3 nitrogen and oxygen atoms in total. The first kappa shape index (κ1) is 13.0. The van der Waals surface area contributed by atoms with Crippen molar-refractivity contribution in [3.05, 3.63) is 12.4 Å². The largest absolute Gasteiger partial charge is 0.352 e. The summed E-state index contributed by atoms with van der Waals surface area (Å²) in [5.41, 5.74) is 0.840. The second-order valence-electron chi connectivity index (χ2n) is 7.44. The highest BCUT2D eigenvalue weighted by Gasteiger charge is 2.59. The van der Waals surface area contributed by atoms with Gasteiger partial charge in [0.25, 0.3) is 0 Å². The standard InChI is InChI=1S/C16H27N3/c1-5-9-19-10-8-17-14(19)18-13-15(2,3)12-6-7-16(13,4)11-12/h8,10,12-13H,5-7,9,11H2,1-4H3,(H,17,18). The molecule has 2 saturated carbocycles. The number of aryl methyl sites for hydroxylation is 1. The molecule has 19 heavy (non-hydrogen) atoms. The average Bonchev–Trinajstić information content (AvgIpc) is 2.97. The van der Waals surface area contributed by atoms with Crippen LogP contribution in [-0.4, -0.2) is 15.6 Å². The van der Waals surface area contributed by atoms with Crippen LogP contribution < -0.4 is 5.32 Å². The summed E-state index contributed by atoms with van der Waals surface area (Å²) in [6, 6.07) is 0.553. The molecule has 3 heteroatoms. The molecular formula is C16H27N3. The lowest BCUT2D eigenvalue weighted by atomic mass is 9.68. The first-order valence-electron chi connectivity index (χ1n) is 7.75. The zero-order valence-electron chi connectivity index (χ0n) is 12.7. The van der Waals surface area contributed by atoms with Gasteiger partial charge >= 0.3 is 0 Å². The van der Waals surface area contributed by atoms with Gasteiger partial charge in [0.1, 0.15) is 0 Å². The van der Waals surface area contributed by atoms with Gasteiger partial charge in [-0.3, -0.25) is 0 Å². The van der Waals surface area contributed by atoms with Crippen molar-refractivity contribution in [2.45, 2.75) is 66.0 Å². The van der Waals surface area contributed by atoms with E-state index in [0.717, 1.165) is 24.8 Å². The van der Waals surface area contributed by atoms with Crippen molar-refractivity contribution in [2.75, 3.05) is 5.32 Å². The third-order valence-electron chi connectivity index (χ3n) is 5.72. The Balaban J connectivity index is 1.84. The summed E-state index contributed by atoms with van der Waals surface area (Å²) in [5.74, 6) is 1.94. The van der Waals surface area contributed by atoms with Gasteiger partial charge in [-0.1, -0.05) is 27.7 Å². The van der Waals surface area contributed by atoms with Crippen LogP contribution in [0.5, 0.6) is 0 Å². The first-order valence-corrected chi connectivity index (χ1v) is 7.75. The van der Waals surface area contributed by atoms with Crippen LogP contribution >= 0.6 is 0 Å². The predicted molar refractivity (Wildman–Crippen MR) is 79.2 cm³/mol. The molecule has 1 aromatic heterocycles. The second kappa shape index (κ2) is 4.26. The molecule has 0 spiro atoms. The van der Waals surface area contributed by atoms with Crippen molar-refractivity contribution in [3.63, 3.8) is 0 Å². The zero-order chi connectivity index (χ0) is 13.7. The molecule has 3 atom stereocenters. The highest BCUT2D eigenvalue weighted by atomic mass is 15.2. The van der Waals surface area contributed by atoms with Crippen molar-refractivity contribution in [2.24, 2.45) is 16.7 Å². The van der Waals surface area contributed by atoms with Crippen molar-refractivity contribution in [1.82, 2.24) is 9.55 Å². The second-order valence-corrected chi connectivity index (χ2v) is 7.44. The SMILES string of the molecule is CCCn1ccnc1NC1C2(C)CCC(C2)C1(C)C. The van der Waals surface area contributed by atoms with Crippen LogP contribution in [-0.2, 0) is 6.54 Å². The molecule has 0 aromatic carbocycles. The van der Waals surface area contributed by atoms with Crippen molar-refractivity contribution in [3.8, 4) is 0 Å². The third kappa shape index (κ3) is 1.89. The van der Waals surface area contributed by atoms with Gasteiger partial charge < -0.3 is 9.88 Å². The minimum atomic E-state index is 0.385. The van der Waals surface area contributed by atoms with Gasteiger partial charge in [-0.25, -0.2) is 4.98 Å². The van der Waals surface area contributed by atoms with E-state index in [1.165, 1.54) is 19.3 Å². The minimum Gasteiger partial charge on any atom is -0.352 e. The van der Waals surface area contributed by atoms with Crippen LogP contribution in [0.25, 0.3) is 0 Å². The molecule has 0 amide bonds. The normalized spacial score (nSPS) is 35.8. The molecule has 1 aromatic rings. The molecule has 3 rings (SSSR count). The number of nitrogens with one attached hydrogen (secondary N) is 1. The molecule has 2 aliphatic carbocycles. The number of hydrogen-bond donors (Lipinski definition) is 1. The van der Waals surface area contributed by atoms with Gasteiger partial charge in [0.15, 0.2) is 0 Å². The van der Waals surface area contributed by atoms with Gasteiger partial charge in [-0.15, -0.1) is 0 Å². The Labute approximate surface area is 116 Å². The smallest absolute Gasteiger partial charge is 0.203 e. The summed E-state index contributed by atoms with van der Waals surface area (Å²) < 4.78 is 2.26. The number of imidazole rings is 1. The number of fused-ring (bicyclic) bond motifs is 2. The van der Waals surface area contributed by atoms with E-state index in [1.807, 2.05) is 6.20 Å². The molecule has 106 valence electrons. The maximum Gasteiger partial charge on any atom is 0.203 e. The predicted octanol–water partition coefficient (Wildman–Crippen LogP) is 3.92. The quantitative estimate of drug-likeness (QED) is 0.890. The molecule has 1 heterocycles. The van der Waals surface area contributed by atoms with Crippen LogP contribution in [0.3, 0.4) is 0 Å². The molecule has 2 aliphatic rings. The van der Waals surface area contributed by atoms with E-state index in [0.29, 0.717) is 16.9 Å².